The highest BCUT2D eigenvalue weighted by Gasteiger charge is 2.48. The quantitative estimate of drug-likeness (QED) is 0.870. The molecule has 4 aliphatic rings. The highest BCUT2D eigenvalue weighted by Crippen LogP contribution is 2.56. The standard InChI is InChI=1S/C14H22N4/c1-8-16-14(15)18(17-8)7-13-11-3-9-2-10(5-11)6-12(13)4-9/h9-13H,2-7H2,1H3,(H2,15,16,17). The number of rotatable bonds is 2. The van der Waals surface area contributed by atoms with Crippen LogP contribution in [0.5, 0.6) is 0 Å². The van der Waals surface area contributed by atoms with Crippen molar-refractivity contribution in [3.63, 3.8) is 0 Å². The lowest BCUT2D eigenvalue weighted by Crippen LogP contribution is -2.46. The Morgan fingerprint density at radius 1 is 1.11 bits per heavy atom. The molecule has 4 saturated carbocycles. The van der Waals surface area contributed by atoms with E-state index >= 15 is 0 Å². The van der Waals surface area contributed by atoms with Crippen LogP contribution in [-0.2, 0) is 6.54 Å². The second-order valence-corrected chi connectivity index (χ2v) is 6.79. The van der Waals surface area contributed by atoms with Crippen LogP contribution in [0.3, 0.4) is 0 Å². The third kappa shape index (κ3) is 1.57. The molecule has 0 spiro atoms. The Balaban J connectivity index is 1.57. The van der Waals surface area contributed by atoms with Crippen LogP contribution in [-0.4, -0.2) is 14.8 Å². The van der Waals surface area contributed by atoms with E-state index in [1.54, 1.807) is 0 Å². The third-order valence-corrected chi connectivity index (χ3v) is 5.61. The summed E-state index contributed by atoms with van der Waals surface area (Å²) in [6, 6.07) is 0. The molecule has 0 atom stereocenters. The van der Waals surface area contributed by atoms with Gasteiger partial charge in [-0.05, 0) is 68.6 Å². The molecule has 4 bridgehead atoms. The minimum atomic E-state index is 0.598. The molecule has 4 nitrogen and oxygen atoms in total. The molecule has 4 fully saturated rings. The zero-order valence-corrected chi connectivity index (χ0v) is 11.0. The average Bonchev–Trinajstić information content (AvgIpc) is 2.61. The van der Waals surface area contributed by atoms with Gasteiger partial charge in [0.15, 0.2) is 0 Å². The maximum Gasteiger partial charge on any atom is 0.218 e. The van der Waals surface area contributed by atoms with Crippen LogP contribution in [0.2, 0.25) is 0 Å². The summed E-state index contributed by atoms with van der Waals surface area (Å²) in [5.74, 6) is 6.16. The third-order valence-electron chi connectivity index (χ3n) is 5.61. The van der Waals surface area contributed by atoms with Gasteiger partial charge in [0.05, 0.1) is 0 Å². The molecule has 5 rings (SSSR count). The van der Waals surface area contributed by atoms with Gasteiger partial charge in [-0.15, -0.1) is 0 Å². The molecule has 0 aliphatic heterocycles. The summed E-state index contributed by atoms with van der Waals surface area (Å²) in [5.41, 5.74) is 5.93. The van der Waals surface area contributed by atoms with Crippen LogP contribution in [0.15, 0.2) is 0 Å². The maximum atomic E-state index is 5.93. The number of hydrogen-bond acceptors (Lipinski definition) is 3. The van der Waals surface area contributed by atoms with Crippen molar-refractivity contribution in [1.29, 1.82) is 0 Å². The molecular weight excluding hydrogens is 224 g/mol. The smallest absolute Gasteiger partial charge is 0.218 e. The van der Waals surface area contributed by atoms with Gasteiger partial charge in [-0.3, -0.25) is 0 Å². The van der Waals surface area contributed by atoms with Gasteiger partial charge in [0.2, 0.25) is 5.95 Å². The molecule has 0 saturated heterocycles. The van der Waals surface area contributed by atoms with E-state index in [2.05, 4.69) is 10.1 Å². The highest BCUT2D eigenvalue weighted by molar-refractivity contribution is 5.15. The topological polar surface area (TPSA) is 56.7 Å². The summed E-state index contributed by atoms with van der Waals surface area (Å²) in [4.78, 5) is 4.22. The summed E-state index contributed by atoms with van der Waals surface area (Å²) in [6.07, 6.45) is 7.37. The van der Waals surface area contributed by atoms with Crippen LogP contribution in [0, 0.1) is 36.5 Å². The number of anilines is 1. The van der Waals surface area contributed by atoms with E-state index < -0.39 is 0 Å². The number of nitrogens with two attached hydrogens (primary N) is 1. The van der Waals surface area contributed by atoms with Gasteiger partial charge >= 0.3 is 0 Å². The van der Waals surface area contributed by atoms with Crippen molar-refractivity contribution in [2.24, 2.45) is 29.6 Å². The number of aromatic nitrogens is 3. The van der Waals surface area contributed by atoms with Gasteiger partial charge < -0.3 is 5.73 Å². The lowest BCUT2D eigenvalue weighted by atomic mass is 9.52. The van der Waals surface area contributed by atoms with Crippen molar-refractivity contribution >= 4 is 5.95 Å². The molecule has 1 heterocycles. The second-order valence-electron chi connectivity index (χ2n) is 6.79. The Morgan fingerprint density at radius 3 is 2.22 bits per heavy atom. The molecule has 0 unspecified atom stereocenters. The Bertz CT molecular complexity index is 436. The monoisotopic (exact) mass is 246 g/mol. The van der Waals surface area contributed by atoms with Crippen LogP contribution in [0.25, 0.3) is 0 Å². The second kappa shape index (κ2) is 3.72. The van der Waals surface area contributed by atoms with Crippen LogP contribution in [0.1, 0.15) is 37.9 Å². The van der Waals surface area contributed by atoms with E-state index in [4.69, 9.17) is 5.73 Å². The fraction of sp³-hybridized carbons (Fsp3) is 0.857. The van der Waals surface area contributed by atoms with E-state index in [9.17, 15) is 0 Å². The van der Waals surface area contributed by atoms with Crippen molar-refractivity contribution in [1.82, 2.24) is 14.8 Å². The first-order valence-electron chi connectivity index (χ1n) is 7.36. The summed E-state index contributed by atoms with van der Waals surface area (Å²) < 4.78 is 1.95. The summed E-state index contributed by atoms with van der Waals surface area (Å²) in [5, 5.41) is 4.44. The summed E-state index contributed by atoms with van der Waals surface area (Å²) >= 11 is 0. The zero-order valence-electron chi connectivity index (χ0n) is 11.0. The van der Waals surface area contributed by atoms with Crippen molar-refractivity contribution in [2.45, 2.75) is 45.6 Å². The normalized spacial score (nSPS) is 41.5. The molecule has 98 valence electrons. The molecule has 2 N–H and O–H groups in total. The van der Waals surface area contributed by atoms with Crippen LogP contribution >= 0.6 is 0 Å². The van der Waals surface area contributed by atoms with E-state index in [1.165, 1.54) is 32.1 Å². The minimum absolute atomic E-state index is 0.598. The maximum absolute atomic E-state index is 5.93. The minimum Gasteiger partial charge on any atom is -0.368 e. The fourth-order valence-electron chi connectivity index (χ4n) is 5.14. The molecule has 4 aliphatic carbocycles. The van der Waals surface area contributed by atoms with Crippen molar-refractivity contribution in [3.8, 4) is 0 Å². The molecule has 0 radical (unpaired) electrons. The van der Waals surface area contributed by atoms with E-state index in [1.807, 2.05) is 11.6 Å². The zero-order chi connectivity index (χ0) is 12.3. The highest BCUT2D eigenvalue weighted by atomic mass is 15.4. The molecule has 1 aromatic rings. The Kier molecular flexibility index (Phi) is 2.24. The molecule has 1 aromatic heterocycles. The van der Waals surface area contributed by atoms with Gasteiger partial charge in [0, 0.05) is 6.54 Å². The first kappa shape index (κ1) is 10.8. The van der Waals surface area contributed by atoms with E-state index in [0.29, 0.717) is 5.95 Å². The predicted molar refractivity (Wildman–Crippen MR) is 69.7 cm³/mol. The average molecular weight is 246 g/mol. The summed E-state index contributed by atoms with van der Waals surface area (Å²) in [7, 11) is 0. The Labute approximate surface area is 108 Å². The molecule has 18 heavy (non-hydrogen) atoms. The molecule has 0 amide bonds. The summed E-state index contributed by atoms with van der Waals surface area (Å²) in [6.45, 7) is 2.92. The van der Waals surface area contributed by atoms with E-state index in [0.717, 1.165) is 42.0 Å². The SMILES string of the molecule is Cc1nc(N)n(CC2C3CC4CC(C3)CC2C4)n1. The molecule has 0 aromatic carbocycles. The lowest BCUT2D eigenvalue weighted by molar-refractivity contribution is -0.0440. The van der Waals surface area contributed by atoms with Gasteiger partial charge in [-0.1, -0.05) is 0 Å². The first-order valence-corrected chi connectivity index (χ1v) is 7.36. The Morgan fingerprint density at radius 2 is 1.72 bits per heavy atom. The van der Waals surface area contributed by atoms with Crippen molar-refractivity contribution < 1.29 is 0 Å². The van der Waals surface area contributed by atoms with Gasteiger partial charge in [-0.2, -0.15) is 10.1 Å². The first-order chi connectivity index (χ1) is 8.69. The number of aryl methyl sites for hydroxylation is 1. The Hall–Kier alpha value is -1.06. The predicted octanol–water partition coefficient (Wildman–Crippen LogP) is 2.24. The lowest BCUT2D eigenvalue weighted by Gasteiger charge is -2.54. The van der Waals surface area contributed by atoms with Crippen LogP contribution in [0.4, 0.5) is 5.95 Å². The molecular formula is C14H22N4. The van der Waals surface area contributed by atoms with Gasteiger partial charge in [0.25, 0.3) is 0 Å². The molecule has 4 heteroatoms. The largest absolute Gasteiger partial charge is 0.368 e. The van der Waals surface area contributed by atoms with Gasteiger partial charge in [0.1, 0.15) is 5.82 Å². The number of hydrogen-bond donors (Lipinski definition) is 1. The number of nitrogens with zero attached hydrogens (tertiary/aromatic N) is 3. The van der Waals surface area contributed by atoms with Crippen molar-refractivity contribution in [2.75, 3.05) is 5.73 Å². The van der Waals surface area contributed by atoms with E-state index in [-0.39, 0.29) is 0 Å². The van der Waals surface area contributed by atoms with Gasteiger partial charge in [-0.25, -0.2) is 4.68 Å². The fourth-order valence-corrected chi connectivity index (χ4v) is 5.14. The van der Waals surface area contributed by atoms with Crippen LogP contribution < -0.4 is 5.73 Å². The number of nitrogen functional groups attached to an aromatic ring is 1. The van der Waals surface area contributed by atoms with Crippen molar-refractivity contribution in [3.05, 3.63) is 5.82 Å².